The van der Waals surface area contributed by atoms with Gasteiger partial charge in [-0.05, 0) is 50.8 Å². The van der Waals surface area contributed by atoms with Gasteiger partial charge in [-0.2, -0.15) is 0 Å². The third kappa shape index (κ3) is 3.79. The van der Waals surface area contributed by atoms with Gasteiger partial charge in [-0.1, -0.05) is 62.1 Å². The zero-order valence-electron chi connectivity index (χ0n) is 23.6. The lowest BCUT2D eigenvalue weighted by Crippen LogP contribution is -2.31. The van der Waals surface area contributed by atoms with Crippen molar-refractivity contribution in [3.05, 3.63) is 59.7 Å². The Morgan fingerprint density at radius 2 is 1.57 bits per heavy atom. The highest BCUT2D eigenvalue weighted by molar-refractivity contribution is 6.30. The molecule has 3 aromatic carbocycles. The molecule has 1 N–H and O–H groups in total. The molecule has 2 aliphatic rings. The molecule has 7 rings (SSSR count). The number of nitrogens with zero attached hydrogens (tertiary/aromatic N) is 2. The van der Waals surface area contributed by atoms with Gasteiger partial charge in [0.25, 0.3) is 5.91 Å². The minimum atomic E-state index is -0.579. The van der Waals surface area contributed by atoms with E-state index in [4.69, 9.17) is 9.62 Å². The molecule has 1 atom stereocenters. The van der Waals surface area contributed by atoms with E-state index in [9.17, 15) is 4.79 Å². The first-order chi connectivity index (χ1) is 19.5. The molecule has 1 amide bonds. The minimum absolute atomic E-state index is 0.0218. The Labute approximate surface area is 233 Å². The van der Waals surface area contributed by atoms with Crippen molar-refractivity contribution < 1.29 is 19.3 Å². The number of benzene rings is 3. The molecule has 0 aliphatic carbocycles. The van der Waals surface area contributed by atoms with Crippen LogP contribution >= 0.6 is 0 Å². The van der Waals surface area contributed by atoms with Crippen LogP contribution in [0.15, 0.2) is 48.5 Å². The van der Waals surface area contributed by atoms with E-state index in [0.717, 1.165) is 70.6 Å². The van der Waals surface area contributed by atoms with Crippen molar-refractivity contribution >= 4 is 49.5 Å². The molecule has 0 spiro atoms. The lowest BCUT2D eigenvalue weighted by atomic mass is 9.97. The fourth-order valence-electron chi connectivity index (χ4n) is 7.23. The summed E-state index contributed by atoms with van der Waals surface area (Å²) in [5.41, 5.74) is 5.93. The Morgan fingerprint density at radius 1 is 0.900 bits per heavy atom. The average Bonchev–Trinajstić information content (AvgIpc) is 3.59. The van der Waals surface area contributed by atoms with Gasteiger partial charge in [-0.25, -0.2) is 9.78 Å². The highest BCUT2D eigenvalue weighted by atomic mass is 17.2. The number of hydrogen-bond donors (Lipinski definition) is 1. The number of carbonyl (C=O) groups is 1. The summed E-state index contributed by atoms with van der Waals surface area (Å²) in [7, 11) is 1.56. The maximum atomic E-state index is 13.4. The van der Waals surface area contributed by atoms with E-state index in [-0.39, 0.29) is 12.1 Å². The topological polar surface area (TPSA) is 66.7 Å². The first-order valence-electron chi connectivity index (χ1n) is 14.7. The Bertz CT molecular complexity index is 1760. The molecule has 7 heteroatoms. The van der Waals surface area contributed by atoms with E-state index < -0.39 is 5.72 Å². The summed E-state index contributed by atoms with van der Waals surface area (Å²) in [5.74, 6) is 0.0218. The summed E-state index contributed by atoms with van der Waals surface area (Å²) in [4.78, 5) is 23.1. The second-order valence-electron chi connectivity index (χ2n) is 11.6. The third-order valence-corrected chi connectivity index (χ3v) is 8.81. The summed E-state index contributed by atoms with van der Waals surface area (Å²) in [6.07, 6.45) is 7.57. The van der Waals surface area contributed by atoms with E-state index in [1.54, 1.807) is 7.11 Å². The lowest BCUT2D eigenvalue weighted by molar-refractivity contribution is -0.272. The van der Waals surface area contributed by atoms with Gasteiger partial charge in [0.2, 0.25) is 0 Å². The van der Waals surface area contributed by atoms with Gasteiger partial charge in [-0.15, -0.1) is 0 Å². The van der Waals surface area contributed by atoms with Crippen molar-refractivity contribution in [1.29, 1.82) is 0 Å². The predicted octanol–water partition coefficient (Wildman–Crippen LogP) is 7.68. The van der Waals surface area contributed by atoms with Crippen LogP contribution in [0.1, 0.15) is 80.9 Å². The molecule has 0 bridgehead atoms. The number of amides is 1. The van der Waals surface area contributed by atoms with Gasteiger partial charge in [0.05, 0.1) is 41.3 Å². The van der Waals surface area contributed by atoms with Crippen LogP contribution in [0.25, 0.3) is 43.6 Å². The van der Waals surface area contributed by atoms with Gasteiger partial charge in [0.1, 0.15) is 12.0 Å². The molecule has 2 aromatic heterocycles. The Morgan fingerprint density at radius 3 is 2.35 bits per heavy atom. The van der Waals surface area contributed by atoms with E-state index in [2.05, 4.69) is 81.7 Å². The fraction of sp³-hybridized carbons (Fsp3) is 0.424. The molecular formula is C33H37N3O4. The molecule has 208 valence electrons. The second-order valence-corrected chi connectivity index (χ2v) is 11.6. The summed E-state index contributed by atoms with van der Waals surface area (Å²) >= 11 is 0. The molecule has 4 heterocycles. The van der Waals surface area contributed by atoms with Crippen LogP contribution in [0, 0.1) is 0 Å². The molecule has 5 aromatic rings. The summed E-state index contributed by atoms with van der Waals surface area (Å²) in [6.45, 7) is 5.58. The molecular weight excluding hydrogens is 502 g/mol. The van der Waals surface area contributed by atoms with E-state index in [1.165, 1.54) is 29.1 Å². The maximum Gasteiger partial charge on any atom is 0.252 e. The van der Waals surface area contributed by atoms with E-state index in [0.29, 0.717) is 13.2 Å². The van der Waals surface area contributed by atoms with Crippen molar-refractivity contribution in [1.82, 2.24) is 14.5 Å². The van der Waals surface area contributed by atoms with Crippen LogP contribution in [-0.4, -0.2) is 28.8 Å². The van der Waals surface area contributed by atoms with Crippen LogP contribution in [0.2, 0.25) is 0 Å². The molecule has 0 saturated heterocycles. The molecule has 40 heavy (non-hydrogen) atoms. The van der Waals surface area contributed by atoms with Gasteiger partial charge >= 0.3 is 0 Å². The number of aromatic nitrogens is 2. The molecule has 7 nitrogen and oxygen atoms in total. The zero-order valence-corrected chi connectivity index (χ0v) is 23.6. The fourth-order valence-corrected chi connectivity index (χ4v) is 7.23. The molecule has 1 unspecified atom stereocenters. The van der Waals surface area contributed by atoms with E-state index in [1.807, 2.05) is 0 Å². The van der Waals surface area contributed by atoms with Crippen LogP contribution in [0.4, 0.5) is 0 Å². The second kappa shape index (κ2) is 9.91. The minimum Gasteiger partial charge on any atom is -0.348 e. The largest absolute Gasteiger partial charge is 0.348 e. The normalized spacial score (nSPS) is 17.9. The standard InChI is InChI=1S/C33H37N3O4/c1-33(2)36-25-17-12-10-15-22(25)27-23-20-34-32(37)29(23)28-21-14-9-11-16-24(21)35(30(28)31(27)36)26(40-33)18-8-6-4-5-7-13-19-39-38-3/h9-12,14-17,26H,4-8,13,18-20H2,1-3H3,(H,34,37). The quantitative estimate of drug-likeness (QED) is 0.112. The summed E-state index contributed by atoms with van der Waals surface area (Å²) in [6, 6.07) is 17.1. The highest BCUT2D eigenvalue weighted by Gasteiger charge is 2.39. The summed E-state index contributed by atoms with van der Waals surface area (Å²) < 4.78 is 11.9. The van der Waals surface area contributed by atoms with Crippen molar-refractivity contribution in [2.75, 3.05) is 13.7 Å². The van der Waals surface area contributed by atoms with E-state index >= 15 is 0 Å². The number of para-hydroxylation sites is 2. The zero-order chi connectivity index (χ0) is 27.4. The Balaban J connectivity index is 1.38. The SMILES string of the molecule is COOCCCCCCCCC1OC(C)(C)n2c3ccccc3c3c4c(c5c6ccccc6n1c5c32)C(=O)NC4. The summed E-state index contributed by atoms with van der Waals surface area (Å²) in [5, 5.41) is 7.68. The number of rotatable bonds is 10. The van der Waals surface area contributed by atoms with Gasteiger partial charge in [0.15, 0.2) is 0 Å². The first-order valence-corrected chi connectivity index (χ1v) is 14.7. The number of unbranched alkanes of at least 4 members (excludes halogenated alkanes) is 5. The highest BCUT2D eigenvalue weighted by Crippen LogP contribution is 2.50. The molecule has 0 fully saturated rings. The van der Waals surface area contributed by atoms with Crippen LogP contribution in [-0.2, 0) is 26.8 Å². The van der Waals surface area contributed by atoms with Crippen molar-refractivity contribution in [2.24, 2.45) is 0 Å². The smallest absolute Gasteiger partial charge is 0.252 e. The average molecular weight is 540 g/mol. The number of ether oxygens (including phenoxy) is 1. The number of carbonyl (C=O) groups excluding carboxylic acids is 1. The van der Waals surface area contributed by atoms with Crippen molar-refractivity contribution in [3.63, 3.8) is 0 Å². The Kier molecular flexibility index (Phi) is 6.33. The van der Waals surface area contributed by atoms with Gasteiger partial charge in [-0.3, -0.25) is 4.79 Å². The van der Waals surface area contributed by atoms with Gasteiger partial charge < -0.3 is 19.2 Å². The third-order valence-electron chi connectivity index (χ3n) is 8.81. The number of nitrogens with one attached hydrogen (secondary N) is 1. The Hall–Kier alpha value is -3.39. The number of fused-ring (bicyclic) bond motifs is 9. The van der Waals surface area contributed by atoms with Crippen molar-refractivity contribution in [3.8, 4) is 0 Å². The van der Waals surface area contributed by atoms with Crippen LogP contribution in [0.5, 0.6) is 0 Å². The van der Waals surface area contributed by atoms with Crippen LogP contribution in [0.3, 0.4) is 0 Å². The molecule has 0 radical (unpaired) electrons. The number of hydrogen-bond acceptors (Lipinski definition) is 4. The first kappa shape index (κ1) is 25.6. The lowest BCUT2D eigenvalue weighted by Gasteiger charge is -2.32. The molecule has 0 saturated carbocycles. The van der Waals surface area contributed by atoms with Crippen molar-refractivity contribution in [2.45, 2.75) is 77.3 Å². The van der Waals surface area contributed by atoms with Crippen LogP contribution < -0.4 is 5.32 Å². The molecule has 2 aliphatic heterocycles. The van der Waals surface area contributed by atoms with Gasteiger partial charge in [0, 0.05) is 28.1 Å². The monoisotopic (exact) mass is 539 g/mol. The predicted molar refractivity (Wildman–Crippen MR) is 158 cm³/mol. The maximum absolute atomic E-state index is 13.4.